The van der Waals surface area contributed by atoms with Crippen LogP contribution in [-0.4, -0.2) is 0 Å². The zero-order chi connectivity index (χ0) is 14.4. The van der Waals surface area contributed by atoms with Gasteiger partial charge < -0.3 is 0 Å². The third kappa shape index (κ3) is 2.13. The van der Waals surface area contributed by atoms with Crippen molar-refractivity contribution in [1.29, 1.82) is 0 Å². The highest BCUT2D eigenvalue weighted by Crippen LogP contribution is 2.42. The summed E-state index contributed by atoms with van der Waals surface area (Å²) in [5, 5.41) is 2.61. The van der Waals surface area contributed by atoms with Gasteiger partial charge >= 0.3 is 0 Å². The van der Waals surface area contributed by atoms with Crippen LogP contribution in [0.2, 0.25) is 0 Å². The first-order valence-corrected chi connectivity index (χ1v) is 7.98. The fourth-order valence-electron chi connectivity index (χ4n) is 3.33. The van der Waals surface area contributed by atoms with E-state index in [1.807, 2.05) is 0 Å². The predicted octanol–water partition coefficient (Wildman–Crippen LogP) is 6.15. The number of rotatable bonds is 1. The number of benzene rings is 3. The van der Waals surface area contributed by atoms with Gasteiger partial charge in [0.15, 0.2) is 0 Å². The predicted molar refractivity (Wildman–Crippen MR) is 93.6 cm³/mol. The second-order valence-corrected chi connectivity index (χ2v) is 6.62. The quantitative estimate of drug-likeness (QED) is 0.500. The summed E-state index contributed by atoms with van der Waals surface area (Å²) in [5.74, 6) is 0.377. The Kier molecular flexibility index (Phi) is 2.97. The fourth-order valence-corrected chi connectivity index (χ4v) is 3.71. The van der Waals surface area contributed by atoms with E-state index in [9.17, 15) is 0 Å². The molecule has 0 heterocycles. The molecule has 0 saturated carbocycles. The van der Waals surface area contributed by atoms with E-state index in [0.29, 0.717) is 5.92 Å². The van der Waals surface area contributed by atoms with E-state index < -0.39 is 0 Å². The van der Waals surface area contributed by atoms with Crippen LogP contribution < -0.4 is 0 Å². The molecule has 0 nitrogen and oxygen atoms in total. The topological polar surface area (TPSA) is 0 Å². The lowest BCUT2D eigenvalue weighted by atomic mass is 9.88. The van der Waals surface area contributed by atoms with Crippen LogP contribution in [0.5, 0.6) is 0 Å². The van der Waals surface area contributed by atoms with Crippen molar-refractivity contribution in [2.75, 3.05) is 0 Å². The molecule has 0 saturated heterocycles. The van der Waals surface area contributed by atoms with Crippen LogP contribution in [0.15, 0.2) is 70.7 Å². The minimum atomic E-state index is 0.377. The Balaban J connectivity index is 1.89. The number of allylic oxidation sites excluding steroid dienone is 1. The van der Waals surface area contributed by atoms with Crippen LogP contribution >= 0.6 is 15.9 Å². The molecule has 0 aromatic heterocycles. The minimum Gasteiger partial charge on any atom is -0.0616 e. The summed E-state index contributed by atoms with van der Waals surface area (Å²) in [6.45, 7) is 2.23. The van der Waals surface area contributed by atoms with Gasteiger partial charge in [-0.3, -0.25) is 0 Å². The van der Waals surface area contributed by atoms with Crippen molar-refractivity contribution in [1.82, 2.24) is 0 Å². The second kappa shape index (κ2) is 4.85. The van der Waals surface area contributed by atoms with Gasteiger partial charge in [0.25, 0.3) is 0 Å². The van der Waals surface area contributed by atoms with E-state index >= 15 is 0 Å². The molecule has 1 heteroatoms. The average Bonchev–Trinajstić information content (AvgIpc) is 2.82. The molecule has 0 amide bonds. The number of hydrogen-bond acceptors (Lipinski definition) is 0. The summed E-state index contributed by atoms with van der Waals surface area (Å²) in [5.41, 5.74) is 5.53. The molecule has 0 aliphatic heterocycles. The maximum absolute atomic E-state index is 3.60. The SMILES string of the molecule is CC1=Cc2ccc(Br)cc2C1c1ccc2ccccc2c1. The molecule has 0 N–H and O–H groups in total. The van der Waals surface area contributed by atoms with Gasteiger partial charge in [-0.05, 0) is 46.5 Å². The highest BCUT2D eigenvalue weighted by Gasteiger charge is 2.24. The monoisotopic (exact) mass is 334 g/mol. The molecule has 1 aliphatic carbocycles. The van der Waals surface area contributed by atoms with E-state index in [0.717, 1.165) is 4.47 Å². The highest BCUT2D eigenvalue weighted by atomic mass is 79.9. The van der Waals surface area contributed by atoms with Gasteiger partial charge in [0, 0.05) is 10.4 Å². The lowest BCUT2D eigenvalue weighted by Crippen LogP contribution is -1.99. The van der Waals surface area contributed by atoms with E-state index in [1.54, 1.807) is 0 Å². The lowest BCUT2D eigenvalue weighted by Gasteiger charge is -2.16. The second-order valence-electron chi connectivity index (χ2n) is 5.70. The first-order chi connectivity index (χ1) is 10.2. The van der Waals surface area contributed by atoms with Crippen molar-refractivity contribution in [3.63, 3.8) is 0 Å². The van der Waals surface area contributed by atoms with E-state index in [-0.39, 0.29) is 0 Å². The normalized spacial score (nSPS) is 16.9. The smallest absolute Gasteiger partial charge is 0.0306 e. The molecule has 1 unspecified atom stereocenters. The highest BCUT2D eigenvalue weighted by molar-refractivity contribution is 9.10. The summed E-state index contributed by atoms with van der Waals surface area (Å²) < 4.78 is 1.15. The van der Waals surface area contributed by atoms with Gasteiger partial charge in [-0.15, -0.1) is 0 Å². The van der Waals surface area contributed by atoms with Crippen LogP contribution in [-0.2, 0) is 0 Å². The molecule has 21 heavy (non-hydrogen) atoms. The Morgan fingerprint density at radius 3 is 2.52 bits per heavy atom. The van der Waals surface area contributed by atoms with Crippen LogP contribution in [0.25, 0.3) is 16.8 Å². The largest absolute Gasteiger partial charge is 0.0616 e. The Morgan fingerprint density at radius 2 is 1.67 bits per heavy atom. The van der Waals surface area contributed by atoms with Crippen LogP contribution in [0.3, 0.4) is 0 Å². The number of halogens is 1. The Morgan fingerprint density at radius 1 is 0.857 bits per heavy atom. The molecule has 0 radical (unpaired) electrons. The zero-order valence-corrected chi connectivity index (χ0v) is 13.4. The summed E-state index contributed by atoms with van der Waals surface area (Å²) in [6.07, 6.45) is 2.31. The van der Waals surface area contributed by atoms with Gasteiger partial charge in [0.05, 0.1) is 0 Å². The third-order valence-corrected chi connectivity index (χ3v) is 4.80. The van der Waals surface area contributed by atoms with Gasteiger partial charge in [-0.1, -0.05) is 76.1 Å². The van der Waals surface area contributed by atoms with Gasteiger partial charge in [-0.2, -0.15) is 0 Å². The van der Waals surface area contributed by atoms with E-state index in [2.05, 4.69) is 89.6 Å². The molecular formula is C20H15Br. The van der Waals surface area contributed by atoms with Gasteiger partial charge in [0.2, 0.25) is 0 Å². The molecule has 102 valence electrons. The Labute approximate surface area is 133 Å². The Hall–Kier alpha value is -1.86. The molecule has 3 aromatic carbocycles. The van der Waals surface area contributed by atoms with Gasteiger partial charge in [0.1, 0.15) is 0 Å². The average molecular weight is 335 g/mol. The number of fused-ring (bicyclic) bond motifs is 2. The molecule has 3 aromatic rings. The molecule has 4 rings (SSSR count). The third-order valence-electron chi connectivity index (χ3n) is 4.31. The van der Waals surface area contributed by atoms with Crippen molar-refractivity contribution in [3.8, 4) is 0 Å². The number of hydrogen-bond donors (Lipinski definition) is 0. The molecule has 1 aliphatic rings. The molecular weight excluding hydrogens is 320 g/mol. The standard InChI is InChI=1S/C20H15Br/c1-13-10-16-8-9-18(21)12-19(16)20(13)17-7-6-14-4-2-3-5-15(14)11-17/h2-12,20H,1H3. The van der Waals surface area contributed by atoms with Crippen LogP contribution in [0.1, 0.15) is 29.5 Å². The van der Waals surface area contributed by atoms with E-state index in [1.165, 1.54) is 33.0 Å². The molecule has 0 fully saturated rings. The van der Waals surface area contributed by atoms with Crippen LogP contribution in [0, 0.1) is 0 Å². The maximum atomic E-state index is 3.60. The van der Waals surface area contributed by atoms with Crippen molar-refractivity contribution < 1.29 is 0 Å². The Bertz CT molecular complexity index is 874. The summed E-state index contributed by atoms with van der Waals surface area (Å²) in [6, 6.07) is 21.9. The molecule has 0 bridgehead atoms. The summed E-state index contributed by atoms with van der Waals surface area (Å²) >= 11 is 3.60. The van der Waals surface area contributed by atoms with Crippen molar-refractivity contribution in [3.05, 3.63) is 87.4 Å². The van der Waals surface area contributed by atoms with Gasteiger partial charge in [-0.25, -0.2) is 0 Å². The summed E-state index contributed by atoms with van der Waals surface area (Å²) in [4.78, 5) is 0. The van der Waals surface area contributed by atoms with Crippen LogP contribution in [0.4, 0.5) is 0 Å². The van der Waals surface area contributed by atoms with Crippen molar-refractivity contribution in [2.24, 2.45) is 0 Å². The first kappa shape index (κ1) is 12.8. The first-order valence-electron chi connectivity index (χ1n) is 7.19. The van der Waals surface area contributed by atoms with E-state index in [4.69, 9.17) is 0 Å². The fraction of sp³-hybridized carbons (Fsp3) is 0.100. The van der Waals surface area contributed by atoms with Crippen molar-refractivity contribution in [2.45, 2.75) is 12.8 Å². The van der Waals surface area contributed by atoms with Crippen molar-refractivity contribution >= 4 is 32.8 Å². The zero-order valence-electron chi connectivity index (χ0n) is 11.8. The minimum absolute atomic E-state index is 0.377. The molecule has 1 atom stereocenters. The lowest BCUT2D eigenvalue weighted by molar-refractivity contribution is 0.978. The molecule has 0 spiro atoms. The maximum Gasteiger partial charge on any atom is 0.0306 e. The summed E-state index contributed by atoms with van der Waals surface area (Å²) in [7, 11) is 0.